The second-order valence-corrected chi connectivity index (χ2v) is 3.70. The predicted molar refractivity (Wildman–Crippen MR) is 51.1 cm³/mol. The molecular weight excluding hydrogens is 168 g/mol. The summed E-state index contributed by atoms with van der Waals surface area (Å²) in [5.41, 5.74) is 0. The molecule has 1 aliphatic rings. The molecule has 1 saturated heterocycles. The number of β-amino-alcohol motifs (C(OH)–C–C–N with tert-alkyl or cyclic N) is 1. The fourth-order valence-corrected chi connectivity index (χ4v) is 1.78. The Morgan fingerprint density at radius 1 is 1.23 bits per heavy atom. The van der Waals surface area contributed by atoms with Crippen LogP contribution in [0.2, 0.25) is 0 Å². The van der Waals surface area contributed by atoms with Crippen molar-refractivity contribution in [2.45, 2.75) is 31.8 Å². The topological polar surface area (TPSA) is 58.7 Å². The third-order valence-corrected chi connectivity index (χ3v) is 2.46. The van der Waals surface area contributed by atoms with E-state index in [1.54, 1.807) is 0 Å². The minimum atomic E-state index is -0.442. The van der Waals surface area contributed by atoms with Gasteiger partial charge in [0.2, 0.25) is 0 Å². The van der Waals surface area contributed by atoms with E-state index in [9.17, 15) is 5.11 Å². The van der Waals surface area contributed by atoms with Crippen molar-refractivity contribution >= 4 is 0 Å². The van der Waals surface area contributed by atoms with Crippen molar-refractivity contribution in [3.8, 4) is 0 Å². The van der Waals surface area contributed by atoms with E-state index in [0.29, 0.717) is 6.54 Å². The van der Waals surface area contributed by atoms with Crippen LogP contribution in [0.25, 0.3) is 0 Å². The Bertz CT molecular complexity index is 125. The van der Waals surface area contributed by atoms with Crippen LogP contribution in [0.5, 0.6) is 0 Å². The van der Waals surface area contributed by atoms with Crippen molar-refractivity contribution in [2.24, 2.45) is 5.90 Å². The molecule has 1 fully saturated rings. The zero-order chi connectivity index (χ0) is 9.52. The highest BCUT2D eigenvalue weighted by atomic mass is 16.6. The maximum absolute atomic E-state index is 9.45. The number of aliphatic hydroxyl groups excluding tert-OH is 1. The lowest BCUT2D eigenvalue weighted by molar-refractivity contribution is 0.0168. The van der Waals surface area contributed by atoms with Crippen LogP contribution in [-0.4, -0.2) is 42.4 Å². The van der Waals surface area contributed by atoms with Crippen molar-refractivity contribution in [2.75, 3.05) is 26.2 Å². The molecule has 3 N–H and O–H groups in total. The molecule has 1 aliphatic heterocycles. The highest BCUT2D eigenvalue weighted by Gasteiger charge is 2.13. The summed E-state index contributed by atoms with van der Waals surface area (Å²) in [5.74, 6) is 4.89. The van der Waals surface area contributed by atoms with Crippen LogP contribution in [0.15, 0.2) is 0 Å². The van der Waals surface area contributed by atoms with E-state index in [0.717, 1.165) is 13.1 Å². The zero-order valence-corrected chi connectivity index (χ0v) is 8.11. The lowest BCUT2D eigenvalue weighted by Crippen LogP contribution is -2.36. The standard InChI is InChI=1S/C9H20N2O2/c10-13-8-9(12)7-11-5-3-1-2-4-6-11/h9,12H,1-8,10H2. The molecule has 4 nitrogen and oxygen atoms in total. The zero-order valence-electron chi connectivity index (χ0n) is 8.11. The van der Waals surface area contributed by atoms with Gasteiger partial charge < -0.3 is 14.8 Å². The number of aliphatic hydroxyl groups is 1. The van der Waals surface area contributed by atoms with Crippen LogP contribution in [0.1, 0.15) is 25.7 Å². The summed E-state index contributed by atoms with van der Waals surface area (Å²) in [6, 6.07) is 0. The van der Waals surface area contributed by atoms with E-state index in [1.807, 2.05) is 0 Å². The average molecular weight is 188 g/mol. The van der Waals surface area contributed by atoms with Gasteiger partial charge in [0, 0.05) is 6.54 Å². The van der Waals surface area contributed by atoms with E-state index < -0.39 is 6.10 Å². The van der Waals surface area contributed by atoms with Gasteiger partial charge in [-0.2, -0.15) is 0 Å². The number of likely N-dealkylation sites (tertiary alicyclic amines) is 1. The first-order valence-corrected chi connectivity index (χ1v) is 5.05. The normalized spacial score (nSPS) is 22.6. The van der Waals surface area contributed by atoms with Crippen LogP contribution < -0.4 is 5.90 Å². The molecule has 1 heterocycles. The SMILES string of the molecule is NOCC(O)CN1CCCCCC1. The summed E-state index contributed by atoms with van der Waals surface area (Å²) < 4.78 is 0. The maximum Gasteiger partial charge on any atom is 0.0951 e. The minimum Gasteiger partial charge on any atom is -0.389 e. The molecule has 0 radical (unpaired) electrons. The lowest BCUT2D eigenvalue weighted by Gasteiger charge is -2.22. The summed E-state index contributed by atoms with van der Waals surface area (Å²) in [7, 11) is 0. The Labute approximate surface area is 79.6 Å². The quantitative estimate of drug-likeness (QED) is 0.615. The van der Waals surface area contributed by atoms with Gasteiger partial charge in [-0.05, 0) is 25.9 Å². The molecule has 4 heteroatoms. The van der Waals surface area contributed by atoms with E-state index in [4.69, 9.17) is 5.90 Å². The Morgan fingerprint density at radius 3 is 2.38 bits per heavy atom. The molecule has 1 atom stereocenters. The molecule has 0 amide bonds. The van der Waals surface area contributed by atoms with Gasteiger partial charge in [-0.15, -0.1) is 0 Å². The van der Waals surface area contributed by atoms with E-state index >= 15 is 0 Å². The maximum atomic E-state index is 9.45. The molecule has 1 rings (SSSR count). The van der Waals surface area contributed by atoms with Crippen LogP contribution in [-0.2, 0) is 4.84 Å². The van der Waals surface area contributed by atoms with Gasteiger partial charge in [0.1, 0.15) is 0 Å². The first-order chi connectivity index (χ1) is 6.33. The molecule has 78 valence electrons. The molecule has 0 aromatic rings. The first-order valence-electron chi connectivity index (χ1n) is 5.05. The van der Waals surface area contributed by atoms with Crippen LogP contribution in [0.3, 0.4) is 0 Å². The van der Waals surface area contributed by atoms with Gasteiger partial charge >= 0.3 is 0 Å². The Balaban J connectivity index is 2.17. The monoisotopic (exact) mass is 188 g/mol. The second kappa shape index (κ2) is 6.32. The van der Waals surface area contributed by atoms with Gasteiger partial charge in [-0.1, -0.05) is 12.8 Å². The molecule has 0 bridgehead atoms. The molecule has 0 aliphatic carbocycles. The number of hydrogen-bond acceptors (Lipinski definition) is 4. The predicted octanol–water partition coefficient (Wildman–Crippen LogP) is 0.114. The fourth-order valence-electron chi connectivity index (χ4n) is 1.78. The number of nitrogens with zero attached hydrogens (tertiary/aromatic N) is 1. The highest BCUT2D eigenvalue weighted by Crippen LogP contribution is 2.09. The molecular formula is C9H20N2O2. The van der Waals surface area contributed by atoms with Crippen molar-refractivity contribution < 1.29 is 9.94 Å². The van der Waals surface area contributed by atoms with Gasteiger partial charge in [-0.3, -0.25) is 0 Å². The van der Waals surface area contributed by atoms with E-state index in [2.05, 4.69) is 9.74 Å². The number of rotatable bonds is 4. The fraction of sp³-hybridized carbons (Fsp3) is 1.00. The summed E-state index contributed by atoms with van der Waals surface area (Å²) in [5, 5.41) is 9.45. The van der Waals surface area contributed by atoms with Gasteiger partial charge in [0.25, 0.3) is 0 Å². The average Bonchev–Trinajstić information content (AvgIpc) is 2.33. The Kier molecular flexibility index (Phi) is 5.31. The van der Waals surface area contributed by atoms with Crippen LogP contribution in [0.4, 0.5) is 0 Å². The van der Waals surface area contributed by atoms with Crippen LogP contribution >= 0.6 is 0 Å². The second-order valence-electron chi connectivity index (χ2n) is 3.70. The molecule has 0 aromatic carbocycles. The summed E-state index contributed by atoms with van der Waals surface area (Å²) in [6.07, 6.45) is 4.69. The van der Waals surface area contributed by atoms with Crippen molar-refractivity contribution in [1.82, 2.24) is 4.90 Å². The molecule has 13 heavy (non-hydrogen) atoms. The highest BCUT2D eigenvalue weighted by molar-refractivity contribution is 4.67. The van der Waals surface area contributed by atoms with Gasteiger partial charge in [0.05, 0.1) is 12.7 Å². The number of nitrogens with two attached hydrogens (primary N) is 1. The third-order valence-electron chi connectivity index (χ3n) is 2.46. The Morgan fingerprint density at radius 2 is 1.85 bits per heavy atom. The van der Waals surface area contributed by atoms with E-state index in [1.165, 1.54) is 25.7 Å². The van der Waals surface area contributed by atoms with Gasteiger partial charge in [-0.25, -0.2) is 5.90 Å². The number of hydrogen-bond donors (Lipinski definition) is 2. The molecule has 0 aromatic heterocycles. The summed E-state index contributed by atoms with van der Waals surface area (Å²) in [6.45, 7) is 3.12. The first kappa shape index (κ1) is 10.9. The molecule has 1 unspecified atom stereocenters. The summed E-state index contributed by atoms with van der Waals surface area (Å²) >= 11 is 0. The lowest BCUT2D eigenvalue weighted by atomic mass is 10.2. The Hall–Kier alpha value is -0.160. The van der Waals surface area contributed by atoms with Crippen LogP contribution in [0, 0.1) is 0 Å². The van der Waals surface area contributed by atoms with Gasteiger partial charge in [0.15, 0.2) is 0 Å². The van der Waals surface area contributed by atoms with Crippen molar-refractivity contribution in [3.05, 3.63) is 0 Å². The summed E-state index contributed by atoms with van der Waals surface area (Å²) in [4.78, 5) is 6.69. The molecule has 0 saturated carbocycles. The minimum absolute atomic E-state index is 0.233. The molecule has 0 spiro atoms. The largest absolute Gasteiger partial charge is 0.389 e. The van der Waals surface area contributed by atoms with Crippen molar-refractivity contribution in [1.29, 1.82) is 0 Å². The third kappa shape index (κ3) is 4.57. The van der Waals surface area contributed by atoms with Crippen molar-refractivity contribution in [3.63, 3.8) is 0 Å². The van der Waals surface area contributed by atoms with E-state index in [-0.39, 0.29) is 6.61 Å². The smallest absolute Gasteiger partial charge is 0.0951 e.